The molecule has 0 heterocycles. The van der Waals surface area contributed by atoms with Gasteiger partial charge in [0.15, 0.2) is 0 Å². The van der Waals surface area contributed by atoms with Crippen molar-refractivity contribution in [3.63, 3.8) is 0 Å². The zero-order valence-electron chi connectivity index (χ0n) is 12.8. The highest BCUT2D eigenvalue weighted by molar-refractivity contribution is 7.71. The van der Waals surface area contributed by atoms with Crippen LogP contribution in [0, 0.1) is 5.92 Å². The molecule has 5 heteroatoms. The Labute approximate surface area is 126 Å². The molecule has 0 spiro atoms. The summed E-state index contributed by atoms with van der Waals surface area (Å²) >= 11 is 0. The van der Waals surface area contributed by atoms with Crippen molar-refractivity contribution in [3.8, 4) is 0 Å². The monoisotopic (exact) mass is 310 g/mol. The van der Waals surface area contributed by atoms with E-state index in [1.807, 2.05) is 30.3 Å². The standard InChI is InChI=1S/C16H23O4P/c1-5-15(14-11-9-8-10-12-14)13(4)16(17)21(18,19-6-2)20-7-3/h5,8-13,15H,1,6-7H2,2-4H3/t13-,15-/m1/s1. The average Bonchev–Trinajstić information content (AvgIpc) is 2.48. The van der Waals surface area contributed by atoms with Gasteiger partial charge in [-0.1, -0.05) is 43.3 Å². The van der Waals surface area contributed by atoms with Gasteiger partial charge in [0.2, 0.25) is 5.52 Å². The SMILES string of the molecule is C=C[C@@H](c1ccccc1)[C@@H](C)C(=O)P(=O)(OCC)OCC. The van der Waals surface area contributed by atoms with E-state index in [1.165, 1.54) is 0 Å². The number of hydrogen-bond donors (Lipinski definition) is 0. The first-order valence-electron chi connectivity index (χ1n) is 7.11. The van der Waals surface area contributed by atoms with Crippen molar-refractivity contribution in [2.75, 3.05) is 13.2 Å². The predicted molar refractivity (Wildman–Crippen MR) is 84.4 cm³/mol. The largest absolute Gasteiger partial charge is 0.396 e. The molecule has 116 valence electrons. The van der Waals surface area contributed by atoms with E-state index < -0.39 is 19.0 Å². The summed E-state index contributed by atoms with van der Waals surface area (Å²) < 4.78 is 22.8. The fraction of sp³-hybridized carbons (Fsp3) is 0.438. The first-order chi connectivity index (χ1) is 10.00. The van der Waals surface area contributed by atoms with Crippen LogP contribution in [0.15, 0.2) is 43.0 Å². The summed E-state index contributed by atoms with van der Waals surface area (Å²) in [5, 5.41) is 0. The third kappa shape index (κ3) is 4.37. The Balaban J connectivity index is 3.03. The molecule has 1 aromatic carbocycles. The highest BCUT2D eigenvalue weighted by Gasteiger charge is 2.40. The van der Waals surface area contributed by atoms with E-state index in [9.17, 15) is 9.36 Å². The van der Waals surface area contributed by atoms with Crippen molar-refractivity contribution in [3.05, 3.63) is 48.6 Å². The molecule has 0 aromatic heterocycles. The van der Waals surface area contributed by atoms with Crippen LogP contribution < -0.4 is 0 Å². The maximum atomic E-state index is 12.6. The van der Waals surface area contributed by atoms with Gasteiger partial charge in [-0.05, 0) is 19.4 Å². The molecule has 2 atom stereocenters. The number of rotatable bonds is 9. The van der Waals surface area contributed by atoms with Crippen LogP contribution in [-0.4, -0.2) is 18.7 Å². The lowest BCUT2D eigenvalue weighted by Crippen LogP contribution is -2.20. The minimum Gasteiger partial charge on any atom is -0.303 e. The maximum Gasteiger partial charge on any atom is 0.396 e. The van der Waals surface area contributed by atoms with Crippen LogP contribution in [0.3, 0.4) is 0 Å². The predicted octanol–water partition coefficient (Wildman–Crippen LogP) is 4.39. The van der Waals surface area contributed by atoms with Crippen molar-refractivity contribution in [1.82, 2.24) is 0 Å². The Morgan fingerprint density at radius 2 is 1.76 bits per heavy atom. The lowest BCUT2D eigenvalue weighted by Gasteiger charge is -2.24. The van der Waals surface area contributed by atoms with Crippen molar-refractivity contribution >= 4 is 13.1 Å². The van der Waals surface area contributed by atoms with Gasteiger partial charge in [0.05, 0.1) is 13.2 Å². The van der Waals surface area contributed by atoms with Crippen LogP contribution >= 0.6 is 7.60 Å². The van der Waals surface area contributed by atoms with Gasteiger partial charge in [0, 0.05) is 11.8 Å². The normalized spacial score (nSPS) is 14.4. The van der Waals surface area contributed by atoms with Crippen molar-refractivity contribution < 1.29 is 18.4 Å². The third-order valence-corrected chi connectivity index (χ3v) is 5.38. The summed E-state index contributed by atoms with van der Waals surface area (Å²) in [5.41, 5.74) is 0.452. The number of carbonyl (C=O) groups excluding carboxylic acids is 1. The molecule has 0 N–H and O–H groups in total. The number of hydrogen-bond acceptors (Lipinski definition) is 4. The minimum atomic E-state index is -3.74. The van der Waals surface area contributed by atoms with E-state index in [2.05, 4.69) is 6.58 Å². The van der Waals surface area contributed by atoms with E-state index in [4.69, 9.17) is 9.05 Å². The number of benzene rings is 1. The fourth-order valence-electron chi connectivity index (χ4n) is 2.21. The topological polar surface area (TPSA) is 52.6 Å². The molecule has 0 amide bonds. The Bertz CT molecular complexity index is 502. The lowest BCUT2D eigenvalue weighted by atomic mass is 9.88. The van der Waals surface area contributed by atoms with Gasteiger partial charge >= 0.3 is 7.60 Å². The molecule has 0 saturated heterocycles. The number of carbonyl (C=O) groups is 1. The molecule has 1 rings (SSSR count). The van der Waals surface area contributed by atoms with Gasteiger partial charge in [-0.25, -0.2) is 0 Å². The Hall–Kier alpha value is -1.22. The molecule has 0 unspecified atom stereocenters. The minimum absolute atomic E-state index is 0.166. The first kappa shape index (κ1) is 17.8. The first-order valence-corrected chi connectivity index (χ1v) is 8.65. The Morgan fingerprint density at radius 1 is 1.24 bits per heavy atom. The molecule has 0 fully saturated rings. The molecule has 4 nitrogen and oxygen atoms in total. The van der Waals surface area contributed by atoms with E-state index in [1.54, 1.807) is 26.8 Å². The summed E-state index contributed by atoms with van der Waals surface area (Å²) in [6.07, 6.45) is 1.69. The fourth-order valence-corrected chi connectivity index (χ4v) is 3.88. The van der Waals surface area contributed by atoms with Crippen LogP contribution in [0.25, 0.3) is 0 Å². The highest BCUT2D eigenvalue weighted by atomic mass is 31.2. The third-order valence-electron chi connectivity index (χ3n) is 3.23. The second-order valence-electron chi connectivity index (χ2n) is 4.63. The van der Waals surface area contributed by atoms with Crippen molar-refractivity contribution in [1.29, 1.82) is 0 Å². The van der Waals surface area contributed by atoms with E-state index >= 15 is 0 Å². The molecule has 1 aromatic rings. The highest BCUT2D eigenvalue weighted by Crippen LogP contribution is 2.52. The second kappa shape index (κ2) is 8.28. The van der Waals surface area contributed by atoms with Gasteiger partial charge in [-0.3, -0.25) is 9.36 Å². The molecule has 0 bridgehead atoms. The number of allylic oxidation sites excluding steroid dienone is 1. The van der Waals surface area contributed by atoms with E-state index in [0.717, 1.165) is 5.56 Å². The van der Waals surface area contributed by atoms with Gasteiger partial charge in [0.25, 0.3) is 0 Å². The van der Waals surface area contributed by atoms with Crippen LogP contribution in [0.1, 0.15) is 32.3 Å². The van der Waals surface area contributed by atoms with Crippen molar-refractivity contribution in [2.45, 2.75) is 26.7 Å². The van der Waals surface area contributed by atoms with Crippen LogP contribution in [0.2, 0.25) is 0 Å². The Morgan fingerprint density at radius 3 is 2.19 bits per heavy atom. The molecule has 0 aliphatic rings. The molecule has 0 aliphatic carbocycles. The summed E-state index contributed by atoms with van der Waals surface area (Å²) in [4.78, 5) is 12.6. The quantitative estimate of drug-likeness (QED) is 0.501. The second-order valence-corrected chi connectivity index (χ2v) is 6.58. The van der Waals surface area contributed by atoms with E-state index in [-0.39, 0.29) is 19.1 Å². The zero-order valence-corrected chi connectivity index (χ0v) is 13.7. The van der Waals surface area contributed by atoms with Crippen LogP contribution in [0.5, 0.6) is 0 Å². The summed E-state index contributed by atoms with van der Waals surface area (Å²) in [7, 11) is -3.74. The van der Waals surface area contributed by atoms with Gasteiger partial charge in [-0.2, -0.15) is 0 Å². The Kier molecular flexibility index (Phi) is 7.03. The van der Waals surface area contributed by atoms with Crippen LogP contribution in [0.4, 0.5) is 0 Å². The molecule has 0 aliphatic heterocycles. The van der Waals surface area contributed by atoms with Crippen molar-refractivity contribution in [2.24, 2.45) is 5.92 Å². The molecular weight excluding hydrogens is 287 g/mol. The molecule has 0 radical (unpaired) electrons. The zero-order chi connectivity index (χ0) is 15.9. The average molecular weight is 310 g/mol. The maximum absolute atomic E-state index is 12.6. The summed E-state index contributed by atoms with van der Waals surface area (Å²) in [5.74, 6) is -0.762. The van der Waals surface area contributed by atoms with Gasteiger partial charge in [0.1, 0.15) is 0 Å². The van der Waals surface area contributed by atoms with Gasteiger partial charge in [-0.15, -0.1) is 6.58 Å². The molecule has 21 heavy (non-hydrogen) atoms. The van der Waals surface area contributed by atoms with E-state index in [0.29, 0.717) is 0 Å². The smallest absolute Gasteiger partial charge is 0.303 e. The summed E-state index contributed by atoms with van der Waals surface area (Å²) in [6, 6.07) is 9.54. The van der Waals surface area contributed by atoms with Crippen LogP contribution in [-0.2, 0) is 18.4 Å². The summed E-state index contributed by atoms with van der Waals surface area (Å²) in [6.45, 7) is 9.23. The lowest BCUT2D eigenvalue weighted by molar-refractivity contribution is -0.117. The van der Waals surface area contributed by atoms with Gasteiger partial charge < -0.3 is 9.05 Å². The molecular formula is C16H23O4P. The molecule has 0 saturated carbocycles.